The average Bonchev–Trinajstić information content (AvgIpc) is 2.09. The van der Waals surface area contributed by atoms with Crippen LogP contribution in [0.4, 0.5) is 0 Å². The molecule has 17 heavy (non-hydrogen) atoms. The maximum absolute atomic E-state index is 10.7. The van der Waals surface area contributed by atoms with E-state index in [1.54, 1.807) is 20.8 Å². The largest absolute Gasteiger partial charge is 0.393 e. The molecule has 1 fully saturated rings. The Balaban J connectivity index is 3.15. The number of aliphatic hydroxyl groups is 4. The first-order valence-corrected chi connectivity index (χ1v) is 6.02. The average molecular weight is 244 g/mol. The molecule has 0 aromatic rings. The smallest absolute Gasteiger partial charge is 0.116 e. The van der Waals surface area contributed by atoms with E-state index in [4.69, 9.17) is 0 Å². The molecule has 1 rings (SSSR count). The topological polar surface area (TPSA) is 80.9 Å². The number of rotatable bonds is 2. The number of hydrogen-bond donors (Lipinski definition) is 4. The molecule has 0 aliphatic heterocycles. The Morgan fingerprint density at radius 2 is 1.71 bits per heavy atom. The highest BCUT2D eigenvalue weighted by molar-refractivity contribution is 5.21. The van der Waals surface area contributed by atoms with Crippen LogP contribution in [0.2, 0.25) is 0 Å². The Bertz CT molecular complexity index is 287. The van der Waals surface area contributed by atoms with Crippen molar-refractivity contribution in [1.29, 1.82) is 0 Å². The first kappa shape index (κ1) is 14.6. The summed E-state index contributed by atoms with van der Waals surface area (Å²) in [6.07, 6.45) is 2.15. The van der Waals surface area contributed by atoms with Crippen LogP contribution >= 0.6 is 0 Å². The lowest BCUT2D eigenvalue weighted by Gasteiger charge is -2.54. The lowest BCUT2D eigenvalue weighted by atomic mass is 9.57. The first-order valence-electron chi connectivity index (χ1n) is 6.02. The molecule has 0 aromatic carbocycles. The molecular formula is C13H24O4. The monoisotopic (exact) mass is 244 g/mol. The van der Waals surface area contributed by atoms with Crippen molar-refractivity contribution in [2.24, 2.45) is 5.41 Å². The van der Waals surface area contributed by atoms with Gasteiger partial charge in [-0.1, -0.05) is 26.0 Å². The van der Waals surface area contributed by atoms with Crippen LogP contribution in [0.25, 0.3) is 0 Å². The summed E-state index contributed by atoms with van der Waals surface area (Å²) in [5.41, 5.74) is -3.55. The van der Waals surface area contributed by atoms with Crippen LogP contribution in [0.5, 0.6) is 0 Å². The van der Waals surface area contributed by atoms with Gasteiger partial charge in [-0.3, -0.25) is 0 Å². The molecule has 1 aliphatic rings. The second-order valence-electron chi connectivity index (χ2n) is 6.09. The predicted octanol–water partition coefficient (Wildman–Crippen LogP) is 0.586. The summed E-state index contributed by atoms with van der Waals surface area (Å²) in [5, 5.41) is 40.1. The standard InChI is InChI=1S/C13H24O4/c1-9(14)5-6-13(17)11(2,3)7-10(15)8-12(13,4)16/h5-6,9-10,14-17H,7-8H2,1-4H3/b6-5+/t9-,10+,12-,13-/m1/s1. The Hall–Kier alpha value is -0.420. The van der Waals surface area contributed by atoms with Crippen LogP contribution in [0, 0.1) is 5.41 Å². The molecule has 0 bridgehead atoms. The lowest BCUT2D eigenvalue weighted by molar-refractivity contribution is -0.217. The summed E-state index contributed by atoms with van der Waals surface area (Å²) < 4.78 is 0. The van der Waals surface area contributed by atoms with Crippen LogP contribution in [0.3, 0.4) is 0 Å². The maximum Gasteiger partial charge on any atom is 0.116 e. The maximum atomic E-state index is 10.7. The van der Waals surface area contributed by atoms with E-state index < -0.39 is 28.8 Å². The SMILES string of the molecule is C[C@@H](O)/C=C/[C@@]1(O)C(C)(C)C[C@H](O)C[C@@]1(C)O. The molecule has 4 heteroatoms. The third-order valence-corrected chi connectivity index (χ3v) is 3.85. The van der Waals surface area contributed by atoms with Gasteiger partial charge < -0.3 is 20.4 Å². The van der Waals surface area contributed by atoms with Gasteiger partial charge in [-0.2, -0.15) is 0 Å². The van der Waals surface area contributed by atoms with E-state index in [9.17, 15) is 20.4 Å². The first-order chi connectivity index (χ1) is 7.52. The second kappa shape index (κ2) is 4.35. The van der Waals surface area contributed by atoms with Gasteiger partial charge in [-0.05, 0) is 20.3 Å². The van der Waals surface area contributed by atoms with Crippen LogP contribution < -0.4 is 0 Å². The van der Waals surface area contributed by atoms with E-state index in [2.05, 4.69) is 0 Å². The van der Waals surface area contributed by atoms with Crippen molar-refractivity contribution >= 4 is 0 Å². The molecule has 0 amide bonds. The summed E-state index contributed by atoms with van der Waals surface area (Å²) in [6, 6.07) is 0. The van der Waals surface area contributed by atoms with E-state index in [1.807, 2.05) is 0 Å². The van der Waals surface area contributed by atoms with Gasteiger partial charge in [0.2, 0.25) is 0 Å². The van der Waals surface area contributed by atoms with Crippen molar-refractivity contribution in [3.05, 3.63) is 12.2 Å². The third kappa shape index (κ3) is 2.55. The highest BCUT2D eigenvalue weighted by Gasteiger charge is 2.58. The fraction of sp³-hybridized carbons (Fsp3) is 0.846. The summed E-state index contributed by atoms with van der Waals surface area (Å²) in [4.78, 5) is 0. The minimum Gasteiger partial charge on any atom is -0.393 e. The Kier molecular flexibility index (Phi) is 3.75. The molecule has 0 aromatic heterocycles. The fourth-order valence-electron chi connectivity index (χ4n) is 2.84. The summed E-state index contributed by atoms with van der Waals surface area (Å²) in [5.74, 6) is 0. The normalized spacial score (nSPS) is 43.9. The molecule has 0 unspecified atom stereocenters. The van der Waals surface area contributed by atoms with Gasteiger partial charge in [0, 0.05) is 11.8 Å². The molecule has 0 saturated heterocycles. The van der Waals surface area contributed by atoms with Crippen molar-refractivity contribution in [3.63, 3.8) is 0 Å². The van der Waals surface area contributed by atoms with Crippen molar-refractivity contribution in [1.82, 2.24) is 0 Å². The van der Waals surface area contributed by atoms with Crippen LogP contribution in [-0.2, 0) is 0 Å². The molecule has 0 spiro atoms. The number of hydrogen-bond acceptors (Lipinski definition) is 4. The molecule has 0 heterocycles. The molecule has 4 atom stereocenters. The van der Waals surface area contributed by atoms with Crippen molar-refractivity contribution in [3.8, 4) is 0 Å². The van der Waals surface area contributed by atoms with Gasteiger partial charge in [-0.15, -0.1) is 0 Å². The van der Waals surface area contributed by atoms with Crippen LogP contribution in [-0.4, -0.2) is 43.8 Å². The molecular weight excluding hydrogens is 220 g/mol. The Labute approximate surface area is 103 Å². The molecule has 1 aliphatic carbocycles. The van der Waals surface area contributed by atoms with Crippen molar-refractivity contribution in [2.45, 2.75) is 63.9 Å². The predicted molar refractivity (Wildman–Crippen MR) is 65.4 cm³/mol. The summed E-state index contributed by atoms with van der Waals surface area (Å²) >= 11 is 0. The second-order valence-corrected chi connectivity index (χ2v) is 6.09. The number of aliphatic hydroxyl groups excluding tert-OH is 2. The van der Waals surface area contributed by atoms with Crippen LogP contribution in [0.15, 0.2) is 12.2 Å². The van der Waals surface area contributed by atoms with Gasteiger partial charge in [0.15, 0.2) is 0 Å². The van der Waals surface area contributed by atoms with Gasteiger partial charge in [-0.25, -0.2) is 0 Å². The van der Waals surface area contributed by atoms with Gasteiger partial charge in [0.25, 0.3) is 0 Å². The third-order valence-electron chi connectivity index (χ3n) is 3.85. The minimum absolute atomic E-state index is 0.122. The van der Waals surface area contributed by atoms with Crippen molar-refractivity contribution in [2.75, 3.05) is 0 Å². The fourth-order valence-corrected chi connectivity index (χ4v) is 2.84. The molecule has 1 saturated carbocycles. The zero-order valence-electron chi connectivity index (χ0n) is 11.0. The van der Waals surface area contributed by atoms with Crippen LogP contribution in [0.1, 0.15) is 40.5 Å². The van der Waals surface area contributed by atoms with Gasteiger partial charge in [0.1, 0.15) is 5.60 Å². The molecule has 0 radical (unpaired) electrons. The van der Waals surface area contributed by atoms with E-state index in [-0.39, 0.29) is 6.42 Å². The van der Waals surface area contributed by atoms with E-state index >= 15 is 0 Å². The van der Waals surface area contributed by atoms with E-state index in [1.165, 1.54) is 19.1 Å². The van der Waals surface area contributed by atoms with Gasteiger partial charge >= 0.3 is 0 Å². The zero-order chi connectivity index (χ0) is 13.5. The summed E-state index contributed by atoms with van der Waals surface area (Å²) in [6.45, 7) is 6.70. The Morgan fingerprint density at radius 3 is 2.12 bits per heavy atom. The van der Waals surface area contributed by atoms with E-state index in [0.717, 1.165) is 0 Å². The zero-order valence-corrected chi connectivity index (χ0v) is 11.0. The molecule has 100 valence electrons. The van der Waals surface area contributed by atoms with E-state index in [0.29, 0.717) is 6.42 Å². The molecule has 4 nitrogen and oxygen atoms in total. The lowest BCUT2D eigenvalue weighted by Crippen LogP contribution is -2.65. The summed E-state index contributed by atoms with van der Waals surface area (Å²) in [7, 11) is 0. The van der Waals surface area contributed by atoms with Crippen molar-refractivity contribution < 1.29 is 20.4 Å². The van der Waals surface area contributed by atoms with Gasteiger partial charge in [0.05, 0.1) is 17.8 Å². The quantitative estimate of drug-likeness (QED) is 0.536. The highest BCUT2D eigenvalue weighted by Crippen LogP contribution is 2.50. The molecule has 4 N–H and O–H groups in total. The minimum atomic E-state index is -1.46. The highest BCUT2D eigenvalue weighted by atomic mass is 16.4. The Morgan fingerprint density at radius 1 is 1.18 bits per heavy atom.